The van der Waals surface area contributed by atoms with Gasteiger partial charge in [0.15, 0.2) is 0 Å². The molecule has 0 radical (unpaired) electrons. The largest absolute Gasteiger partial charge is 0.271 e. The molecule has 4 amide bonds. The van der Waals surface area contributed by atoms with Crippen LogP contribution in [0, 0.1) is 0 Å². The van der Waals surface area contributed by atoms with Crippen molar-refractivity contribution in [3.8, 4) is 0 Å². The van der Waals surface area contributed by atoms with Crippen LogP contribution >= 0.6 is 0 Å². The van der Waals surface area contributed by atoms with Crippen LogP contribution in [0.5, 0.6) is 0 Å². The van der Waals surface area contributed by atoms with Gasteiger partial charge in [0.05, 0.1) is 0 Å². The van der Waals surface area contributed by atoms with Crippen LogP contribution in [0.4, 0.5) is 0 Å². The Kier molecular flexibility index (Phi) is 10.6. The van der Waals surface area contributed by atoms with Crippen LogP contribution in [0.25, 0.3) is 43.1 Å². The number of nitrogens with zero attached hydrogens (tertiary/aromatic N) is 2. The number of carbonyl (C=O) groups excluding carboxylic acids is 4. The molecule has 0 spiro atoms. The summed E-state index contributed by atoms with van der Waals surface area (Å²) in [6.45, 7) is 8.71. The Morgan fingerprint density at radius 2 is 0.615 bits per heavy atom. The molecule has 2 aliphatic rings. The van der Waals surface area contributed by atoms with Gasteiger partial charge in [0.25, 0.3) is 23.6 Å². The van der Waals surface area contributed by atoms with E-state index in [2.05, 4.69) is 27.7 Å². The minimum Gasteiger partial charge on any atom is -0.271 e. The van der Waals surface area contributed by atoms with E-state index in [-0.39, 0.29) is 35.7 Å². The minimum absolute atomic E-state index is 0.113. The van der Waals surface area contributed by atoms with Gasteiger partial charge in [-0.3, -0.25) is 29.0 Å². The molecule has 2 heterocycles. The van der Waals surface area contributed by atoms with E-state index >= 15 is 0 Å². The first-order chi connectivity index (χ1) is 25.4. The molecule has 0 fully saturated rings. The van der Waals surface area contributed by atoms with Gasteiger partial charge in [-0.2, -0.15) is 0 Å². The maximum absolute atomic E-state index is 14.4. The fraction of sp³-hybridized carbons (Fsp3) is 0.478. The summed E-state index contributed by atoms with van der Waals surface area (Å²) in [4.78, 5) is 60.6. The van der Waals surface area contributed by atoms with Gasteiger partial charge in [-0.25, -0.2) is 0 Å². The Morgan fingerprint density at radius 3 is 0.846 bits per heavy atom. The maximum Gasteiger partial charge on any atom is 0.261 e. The van der Waals surface area contributed by atoms with E-state index in [1.54, 1.807) is 9.80 Å². The van der Waals surface area contributed by atoms with Crippen molar-refractivity contribution in [2.24, 2.45) is 0 Å². The molecule has 0 unspecified atom stereocenters. The quantitative estimate of drug-likeness (QED) is 0.0395. The molecule has 2 aliphatic heterocycles. The molecule has 5 aromatic carbocycles. The first-order valence-corrected chi connectivity index (χ1v) is 20.3. The van der Waals surface area contributed by atoms with Gasteiger partial charge in [-0.05, 0) is 82.3 Å². The Labute approximate surface area is 308 Å². The third kappa shape index (κ3) is 5.96. The lowest BCUT2D eigenvalue weighted by molar-refractivity contribution is 0.0501. The third-order valence-electron chi connectivity index (χ3n) is 12.0. The number of imide groups is 2. The Morgan fingerprint density at radius 1 is 0.365 bits per heavy atom. The molecule has 7 rings (SSSR count). The molecular weight excluding hydrogens is 645 g/mol. The highest BCUT2D eigenvalue weighted by Crippen LogP contribution is 2.47. The number of hydrogen-bond acceptors (Lipinski definition) is 4. The van der Waals surface area contributed by atoms with Crippen molar-refractivity contribution in [3.63, 3.8) is 0 Å². The van der Waals surface area contributed by atoms with E-state index in [0.29, 0.717) is 22.3 Å². The van der Waals surface area contributed by atoms with Gasteiger partial charge >= 0.3 is 0 Å². The summed E-state index contributed by atoms with van der Waals surface area (Å²) in [5.74, 6) is -0.782. The monoisotopic (exact) mass is 698 g/mol. The molecule has 0 saturated heterocycles. The normalized spacial score (nSPS) is 14.7. The van der Waals surface area contributed by atoms with Crippen LogP contribution < -0.4 is 0 Å². The van der Waals surface area contributed by atoms with Gasteiger partial charge in [-0.1, -0.05) is 129 Å². The average molecular weight is 699 g/mol. The van der Waals surface area contributed by atoms with Crippen molar-refractivity contribution in [2.45, 2.75) is 143 Å². The van der Waals surface area contributed by atoms with Crippen LogP contribution in [0.1, 0.15) is 172 Å². The van der Waals surface area contributed by atoms with E-state index in [9.17, 15) is 19.2 Å². The molecule has 0 aromatic heterocycles. The van der Waals surface area contributed by atoms with Gasteiger partial charge in [-0.15, -0.1) is 0 Å². The zero-order valence-corrected chi connectivity index (χ0v) is 31.6. The zero-order chi connectivity index (χ0) is 36.5. The Bertz CT molecular complexity index is 1870. The van der Waals surface area contributed by atoms with Gasteiger partial charge < -0.3 is 0 Å². The van der Waals surface area contributed by atoms with E-state index in [1.807, 2.05) is 48.5 Å². The molecule has 0 atom stereocenters. The third-order valence-corrected chi connectivity index (χ3v) is 12.0. The maximum atomic E-state index is 14.4. The molecule has 6 nitrogen and oxygen atoms in total. The average Bonchev–Trinajstić information content (AvgIpc) is 3.15. The molecule has 272 valence electrons. The number of carbonyl (C=O) groups is 4. The smallest absolute Gasteiger partial charge is 0.261 e. The number of unbranched alkanes of at least 4 members (excludes halogenated alkanes) is 8. The number of fused-ring (bicyclic) bond motifs is 2. The summed E-state index contributed by atoms with van der Waals surface area (Å²) in [5.41, 5.74) is 2.33. The van der Waals surface area contributed by atoms with Crippen molar-refractivity contribution in [1.29, 1.82) is 0 Å². The number of hydrogen-bond donors (Lipinski definition) is 0. The second kappa shape index (κ2) is 15.3. The summed E-state index contributed by atoms with van der Waals surface area (Å²) < 4.78 is 0. The lowest BCUT2D eigenvalue weighted by Gasteiger charge is -2.35. The lowest BCUT2D eigenvalue weighted by Crippen LogP contribution is -2.47. The van der Waals surface area contributed by atoms with Crippen molar-refractivity contribution >= 4 is 66.7 Å². The first-order valence-electron chi connectivity index (χ1n) is 20.3. The van der Waals surface area contributed by atoms with Crippen molar-refractivity contribution < 1.29 is 19.2 Å². The van der Waals surface area contributed by atoms with Crippen LogP contribution in [0.15, 0.2) is 48.5 Å². The summed E-state index contributed by atoms with van der Waals surface area (Å²) >= 11 is 0. The minimum atomic E-state index is -0.195. The summed E-state index contributed by atoms with van der Waals surface area (Å²) in [6.07, 6.45) is 16.0. The first kappa shape index (κ1) is 36.1. The predicted octanol–water partition coefficient (Wildman–Crippen LogP) is 12.0. The second-order valence-electron chi connectivity index (χ2n) is 15.4. The van der Waals surface area contributed by atoms with Crippen LogP contribution in [0.2, 0.25) is 0 Å². The molecule has 0 bridgehead atoms. The van der Waals surface area contributed by atoms with Crippen molar-refractivity contribution in [1.82, 2.24) is 9.80 Å². The zero-order valence-electron chi connectivity index (χ0n) is 31.6. The van der Waals surface area contributed by atoms with Crippen molar-refractivity contribution in [2.75, 3.05) is 0 Å². The Balaban J connectivity index is 1.35. The molecule has 0 saturated carbocycles. The van der Waals surface area contributed by atoms with E-state index < -0.39 is 0 Å². The Hall–Kier alpha value is -4.32. The molecule has 52 heavy (non-hydrogen) atoms. The topological polar surface area (TPSA) is 74.8 Å². The van der Waals surface area contributed by atoms with Gasteiger partial charge in [0, 0.05) is 45.1 Å². The number of benzene rings is 5. The summed E-state index contributed by atoms with van der Waals surface area (Å²) in [7, 11) is 0. The SMILES string of the molecule is CCCCCC(CCCCC)N1C(=O)c2ccc3c4ccc5c6c(ccc(c7ccc(c2c37)C1=O)c64)C(=O)N(C(CCCCC)CCCCC)C5=O. The fourth-order valence-corrected chi connectivity index (χ4v) is 9.29. The highest BCUT2D eigenvalue weighted by atomic mass is 16.2. The fourth-order valence-electron chi connectivity index (χ4n) is 9.29. The summed E-state index contributed by atoms with van der Waals surface area (Å²) in [5, 5.41) is 6.99. The number of rotatable bonds is 18. The lowest BCUT2D eigenvalue weighted by atomic mass is 9.81. The van der Waals surface area contributed by atoms with E-state index in [1.165, 1.54) is 0 Å². The molecule has 0 N–H and O–H groups in total. The number of amides is 4. The molecule has 6 heteroatoms. The van der Waals surface area contributed by atoms with E-state index in [4.69, 9.17) is 0 Å². The van der Waals surface area contributed by atoms with Crippen LogP contribution in [-0.4, -0.2) is 45.5 Å². The van der Waals surface area contributed by atoms with Crippen LogP contribution in [-0.2, 0) is 0 Å². The van der Waals surface area contributed by atoms with Gasteiger partial charge in [0.1, 0.15) is 0 Å². The van der Waals surface area contributed by atoms with Gasteiger partial charge in [0.2, 0.25) is 0 Å². The molecule has 5 aromatic rings. The standard InChI is InChI=1S/C46H54N2O4/c1-5-9-13-17-29(18-14-10-6-2)47-43(49)35-25-21-31-33-23-27-37-42-38(46(52)48(45(37)51)30(19-15-11-7-3)20-16-12-8-4)28-24-34(40(33)42)32-22-26-36(44(47)50)41(35)39(31)32/h21-30H,5-20H2,1-4H3. The van der Waals surface area contributed by atoms with Crippen LogP contribution in [0.3, 0.4) is 0 Å². The highest BCUT2D eigenvalue weighted by molar-refractivity contribution is 6.41. The predicted molar refractivity (Wildman–Crippen MR) is 213 cm³/mol. The molecular formula is C46H54N2O4. The summed E-state index contributed by atoms with van der Waals surface area (Å²) in [6, 6.07) is 15.4. The van der Waals surface area contributed by atoms with E-state index in [0.717, 1.165) is 146 Å². The molecule has 0 aliphatic carbocycles. The highest BCUT2D eigenvalue weighted by Gasteiger charge is 2.40. The van der Waals surface area contributed by atoms with Crippen molar-refractivity contribution in [3.05, 3.63) is 70.8 Å². The second-order valence-corrected chi connectivity index (χ2v) is 15.4.